The Morgan fingerprint density at radius 3 is 2.50 bits per heavy atom. The van der Waals surface area contributed by atoms with Crippen LogP contribution < -0.4 is 4.74 Å². The van der Waals surface area contributed by atoms with Gasteiger partial charge >= 0.3 is 0 Å². The minimum Gasteiger partial charge on any atom is -0.497 e. The van der Waals surface area contributed by atoms with Crippen molar-refractivity contribution in [1.82, 2.24) is 0 Å². The van der Waals surface area contributed by atoms with E-state index < -0.39 is 0 Å². The summed E-state index contributed by atoms with van der Waals surface area (Å²) in [4.78, 5) is 0. The fourth-order valence-corrected chi connectivity index (χ4v) is 2.08. The van der Waals surface area contributed by atoms with Crippen LogP contribution in [0.15, 0.2) is 36.4 Å². The van der Waals surface area contributed by atoms with Crippen LogP contribution in [0.2, 0.25) is 0 Å². The van der Waals surface area contributed by atoms with Crippen LogP contribution >= 0.6 is 0 Å². The molecule has 0 radical (unpaired) electrons. The second-order valence-electron chi connectivity index (χ2n) is 4.46. The van der Waals surface area contributed by atoms with E-state index in [0.29, 0.717) is 5.92 Å². The van der Waals surface area contributed by atoms with Crippen molar-refractivity contribution in [2.24, 2.45) is 5.41 Å². The lowest BCUT2D eigenvalue weighted by molar-refractivity contribution is 0.414. The van der Waals surface area contributed by atoms with Gasteiger partial charge in [0.1, 0.15) is 5.75 Å². The van der Waals surface area contributed by atoms with Crippen molar-refractivity contribution in [2.75, 3.05) is 7.11 Å². The van der Waals surface area contributed by atoms with Gasteiger partial charge in [-0.05, 0) is 23.1 Å². The van der Waals surface area contributed by atoms with Gasteiger partial charge in [-0.2, -0.15) is 0 Å². The third-order valence-electron chi connectivity index (χ3n) is 3.24. The zero-order valence-electron chi connectivity index (χ0n) is 9.00. The first-order valence-corrected chi connectivity index (χ1v) is 4.90. The summed E-state index contributed by atoms with van der Waals surface area (Å²) < 4.78 is 5.21. The maximum absolute atomic E-state index is 5.21. The highest BCUT2D eigenvalue weighted by atomic mass is 16.5. The maximum Gasteiger partial charge on any atom is 0.119 e. The zero-order chi connectivity index (χ0) is 10.3. The SMILES string of the molecule is C=C1C(c2cccc(OC)c2)C1(C)C. The molecular weight excluding hydrogens is 172 g/mol. The third-order valence-corrected chi connectivity index (χ3v) is 3.24. The Morgan fingerprint density at radius 2 is 2.00 bits per heavy atom. The van der Waals surface area contributed by atoms with Gasteiger partial charge in [-0.1, -0.05) is 38.1 Å². The van der Waals surface area contributed by atoms with E-state index >= 15 is 0 Å². The van der Waals surface area contributed by atoms with Gasteiger partial charge < -0.3 is 4.74 Å². The van der Waals surface area contributed by atoms with Crippen molar-refractivity contribution in [3.05, 3.63) is 42.0 Å². The van der Waals surface area contributed by atoms with Crippen LogP contribution in [0.5, 0.6) is 5.75 Å². The topological polar surface area (TPSA) is 9.23 Å². The highest BCUT2D eigenvalue weighted by molar-refractivity contribution is 5.49. The lowest BCUT2D eigenvalue weighted by Gasteiger charge is -2.04. The lowest BCUT2D eigenvalue weighted by Crippen LogP contribution is -1.90. The van der Waals surface area contributed by atoms with E-state index in [1.54, 1.807) is 7.11 Å². The van der Waals surface area contributed by atoms with Crippen LogP contribution in [-0.2, 0) is 0 Å². The number of methoxy groups -OCH3 is 1. The minimum atomic E-state index is 0.270. The van der Waals surface area contributed by atoms with Crippen LogP contribution in [0.1, 0.15) is 25.3 Å². The number of hydrogen-bond donors (Lipinski definition) is 0. The highest BCUT2D eigenvalue weighted by Crippen LogP contribution is 2.63. The van der Waals surface area contributed by atoms with Gasteiger partial charge in [0.05, 0.1) is 7.11 Å². The molecule has 0 bridgehead atoms. The van der Waals surface area contributed by atoms with Crippen molar-refractivity contribution < 1.29 is 4.74 Å². The molecule has 1 heteroatoms. The fraction of sp³-hybridized carbons (Fsp3) is 0.385. The molecule has 1 nitrogen and oxygen atoms in total. The van der Waals surface area contributed by atoms with Gasteiger partial charge in [0, 0.05) is 5.92 Å². The molecule has 1 atom stereocenters. The number of allylic oxidation sites excluding steroid dienone is 1. The molecule has 0 heterocycles. The second kappa shape index (κ2) is 2.88. The number of ether oxygens (including phenoxy) is 1. The Kier molecular flexibility index (Phi) is 1.91. The molecule has 0 N–H and O–H groups in total. The van der Waals surface area contributed by atoms with E-state index in [1.807, 2.05) is 12.1 Å². The molecule has 0 saturated heterocycles. The van der Waals surface area contributed by atoms with E-state index in [4.69, 9.17) is 4.74 Å². The predicted octanol–water partition coefficient (Wildman–Crippen LogP) is 3.37. The molecule has 0 amide bonds. The van der Waals surface area contributed by atoms with Crippen molar-refractivity contribution in [3.63, 3.8) is 0 Å². The van der Waals surface area contributed by atoms with Crippen molar-refractivity contribution in [1.29, 1.82) is 0 Å². The molecule has 1 saturated carbocycles. The van der Waals surface area contributed by atoms with Crippen LogP contribution in [0.4, 0.5) is 0 Å². The Labute approximate surface area is 85.4 Å². The van der Waals surface area contributed by atoms with Crippen molar-refractivity contribution >= 4 is 0 Å². The van der Waals surface area contributed by atoms with Gasteiger partial charge in [-0.3, -0.25) is 0 Å². The number of benzene rings is 1. The predicted molar refractivity (Wildman–Crippen MR) is 58.7 cm³/mol. The first kappa shape index (κ1) is 9.32. The molecule has 1 aliphatic rings. The minimum absolute atomic E-state index is 0.270. The van der Waals surface area contributed by atoms with Crippen LogP contribution in [-0.4, -0.2) is 7.11 Å². The van der Waals surface area contributed by atoms with E-state index in [-0.39, 0.29) is 5.41 Å². The van der Waals surface area contributed by atoms with Gasteiger partial charge in [0.2, 0.25) is 0 Å². The largest absolute Gasteiger partial charge is 0.497 e. The van der Waals surface area contributed by atoms with Crippen LogP contribution in [0.3, 0.4) is 0 Å². The average molecular weight is 188 g/mol. The van der Waals surface area contributed by atoms with Crippen molar-refractivity contribution in [3.8, 4) is 5.75 Å². The molecule has 1 aromatic rings. The summed E-state index contributed by atoms with van der Waals surface area (Å²) in [5.74, 6) is 1.44. The summed E-state index contributed by atoms with van der Waals surface area (Å²) in [7, 11) is 1.70. The number of hydrogen-bond acceptors (Lipinski definition) is 1. The Balaban J connectivity index is 2.31. The smallest absolute Gasteiger partial charge is 0.119 e. The molecule has 1 unspecified atom stereocenters. The summed E-state index contributed by atoms with van der Waals surface area (Å²) in [5.41, 5.74) is 2.91. The van der Waals surface area contributed by atoms with E-state index in [0.717, 1.165) is 5.75 Å². The number of rotatable bonds is 2. The van der Waals surface area contributed by atoms with E-state index in [2.05, 4.69) is 32.6 Å². The standard InChI is InChI=1S/C13H16O/c1-9-12(13(9,2)3)10-6-5-7-11(8-10)14-4/h5-8,12H,1H2,2-4H3. The first-order valence-electron chi connectivity index (χ1n) is 4.90. The molecular formula is C13H16O. The molecule has 1 aromatic carbocycles. The van der Waals surface area contributed by atoms with Gasteiger partial charge in [-0.15, -0.1) is 0 Å². The zero-order valence-corrected chi connectivity index (χ0v) is 9.00. The third kappa shape index (κ3) is 1.24. The van der Waals surface area contributed by atoms with Gasteiger partial charge in [0.15, 0.2) is 0 Å². The highest BCUT2D eigenvalue weighted by Gasteiger charge is 2.51. The molecule has 2 rings (SSSR count). The summed E-state index contributed by atoms with van der Waals surface area (Å²) in [6.45, 7) is 8.56. The first-order chi connectivity index (χ1) is 6.57. The van der Waals surface area contributed by atoms with Gasteiger partial charge in [-0.25, -0.2) is 0 Å². The fourth-order valence-electron chi connectivity index (χ4n) is 2.08. The quantitative estimate of drug-likeness (QED) is 0.646. The normalized spacial score (nSPS) is 23.4. The average Bonchev–Trinajstić information content (AvgIpc) is 2.66. The molecule has 0 aromatic heterocycles. The molecule has 0 spiro atoms. The van der Waals surface area contributed by atoms with E-state index in [1.165, 1.54) is 11.1 Å². The van der Waals surface area contributed by atoms with Crippen LogP contribution in [0.25, 0.3) is 0 Å². The molecule has 74 valence electrons. The molecule has 1 fully saturated rings. The monoisotopic (exact) mass is 188 g/mol. The van der Waals surface area contributed by atoms with Crippen molar-refractivity contribution in [2.45, 2.75) is 19.8 Å². The second-order valence-corrected chi connectivity index (χ2v) is 4.46. The molecule has 0 aliphatic heterocycles. The van der Waals surface area contributed by atoms with Gasteiger partial charge in [0.25, 0.3) is 0 Å². The Bertz CT molecular complexity index is 377. The summed E-state index contributed by atoms with van der Waals surface area (Å²) in [6, 6.07) is 8.26. The molecule has 14 heavy (non-hydrogen) atoms. The summed E-state index contributed by atoms with van der Waals surface area (Å²) >= 11 is 0. The Hall–Kier alpha value is -1.24. The molecule has 1 aliphatic carbocycles. The summed E-state index contributed by atoms with van der Waals surface area (Å²) in [6.07, 6.45) is 0. The Morgan fingerprint density at radius 1 is 1.36 bits per heavy atom. The maximum atomic E-state index is 5.21. The van der Waals surface area contributed by atoms with Crippen LogP contribution in [0, 0.1) is 5.41 Å². The summed E-state index contributed by atoms with van der Waals surface area (Å²) in [5, 5.41) is 0. The lowest BCUT2D eigenvalue weighted by atomic mass is 10.0. The van der Waals surface area contributed by atoms with E-state index in [9.17, 15) is 0 Å².